The Bertz CT molecular complexity index is 497. The van der Waals surface area contributed by atoms with Crippen molar-refractivity contribution < 1.29 is 13.6 Å². The molecule has 3 nitrogen and oxygen atoms in total. The molecule has 1 heterocycles. The van der Waals surface area contributed by atoms with Gasteiger partial charge in [-0.1, -0.05) is 0 Å². The smallest absolute Gasteiger partial charge is 0.252 e. The molecule has 118 valence electrons. The quantitative estimate of drug-likeness (QED) is 0.891. The van der Waals surface area contributed by atoms with Crippen LogP contribution in [0.4, 0.5) is 8.78 Å². The molecule has 7 heteroatoms. The maximum absolute atomic E-state index is 14.0. The predicted molar refractivity (Wildman–Crippen MR) is 81.2 cm³/mol. The van der Waals surface area contributed by atoms with E-state index in [4.69, 9.17) is 5.73 Å². The largest absolute Gasteiger partial charge is 0.349 e. The molecule has 2 saturated carbocycles. The minimum Gasteiger partial charge on any atom is -0.349 e. The van der Waals surface area contributed by atoms with Crippen LogP contribution in [0.1, 0.15) is 36.0 Å². The lowest BCUT2D eigenvalue weighted by Crippen LogP contribution is -2.46. The lowest BCUT2D eigenvalue weighted by molar-refractivity contribution is -0.0998. The van der Waals surface area contributed by atoms with Crippen molar-refractivity contribution >= 4 is 29.7 Å². The molecule has 2 aliphatic rings. The van der Waals surface area contributed by atoms with Gasteiger partial charge in [0, 0.05) is 35.4 Å². The summed E-state index contributed by atoms with van der Waals surface area (Å²) in [6.07, 6.45) is 1.20. The topological polar surface area (TPSA) is 55.1 Å². The van der Waals surface area contributed by atoms with Crippen molar-refractivity contribution in [3.63, 3.8) is 0 Å². The van der Waals surface area contributed by atoms with Crippen LogP contribution in [-0.4, -0.2) is 23.9 Å². The number of amides is 1. The van der Waals surface area contributed by atoms with Crippen LogP contribution in [0, 0.1) is 11.8 Å². The average molecular weight is 337 g/mol. The molecule has 4 atom stereocenters. The van der Waals surface area contributed by atoms with E-state index in [0.717, 1.165) is 0 Å². The van der Waals surface area contributed by atoms with Crippen molar-refractivity contribution in [3.8, 4) is 0 Å². The zero-order valence-corrected chi connectivity index (χ0v) is 13.1. The number of nitrogens with two attached hydrogens (primary N) is 1. The molecule has 3 rings (SSSR count). The molecule has 1 aromatic rings. The SMILES string of the molecule is Cl.N[C@@H]1C[C@@H]1C1CC(NC(=O)c2ccsc2)CCC1(F)F. The van der Waals surface area contributed by atoms with Crippen molar-refractivity contribution in [2.45, 2.75) is 43.7 Å². The van der Waals surface area contributed by atoms with Crippen molar-refractivity contribution in [3.05, 3.63) is 22.4 Å². The van der Waals surface area contributed by atoms with E-state index in [2.05, 4.69) is 5.32 Å². The summed E-state index contributed by atoms with van der Waals surface area (Å²) in [7, 11) is 0. The molecule has 0 bridgehead atoms. The standard InChI is InChI=1S/C14H18F2N2OS.ClH/c15-14(16)3-1-9(5-11(14)10-6-12(10)17)18-13(19)8-2-4-20-7-8;/h2,4,7,9-12H,1,3,5-6,17H2,(H,18,19);1H/t9?,10-,11?,12-;/m1./s1. The molecule has 0 spiro atoms. The monoisotopic (exact) mass is 336 g/mol. The molecule has 2 fully saturated rings. The number of hydrogen-bond donors (Lipinski definition) is 2. The van der Waals surface area contributed by atoms with E-state index in [9.17, 15) is 13.6 Å². The molecule has 2 unspecified atom stereocenters. The van der Waals surface area contributed by atoms with E-state index in [1.807, 2.05) is 5.38 Å². The summed E-state index contributed by atoms with van der Waals surface area (Å²) in [5, 5.41) is 6.47. The highest BCUT2D eigenvalue weighted by molar-refractivity contribution is 7.08. The number of alkyl halides is 2. The Balaban J connectivity index is 0.00000161. The lowest BCUT2D eigenvalue weighted by Gasteiger charge is -2.36. The number of rotatable bonds is 3. The normalized spacial score (nSPS) is 33.9. The van der Waals surface area contributed by atoms with Gasteiger partial charge in [0.25, 0.3) is 11.8 Å². The van der Waals surface area contributed by atoms with Crippen molar-refractivity contribution in [1.29, 1.82) is 0 Å². The van der Waals surface area contributed by atoms with Gasteiger partial charge in [-0.25, -0.2) is 8.78 Å². The van der Waals surface area contributed by atoms with E-state index < -0.39 is 11.8 Å². The summed E-state index contributed by atoms with van der Waals surface area (Å²) in [6, 6.07) is 1.49. The Morgan fingerprint density at radius 2 is 2.14 bits per heavy atom. The zero-order valence-electron chi connectivity index (χ0n) is 11.4. The van der Waals surface area contributed by atoms with Gasteiger partial charge in [-0.05, 0) is 36.6 Å². The Hall–Kier alpha value is -0.720. The minimum absolute atomic E-state index is 0. The molecule has 1 aromatic heterocycles. The highest BCUT2D eigenvalue weighted by atomic mass is 35.5. The summed E-state index contributed by atoms with van der Waals surface area (Å²) in [5.41, 5.74) is 6.33. The third kappa shape index (κ3) is 3.55. The first-order chi connectivity index (χ1) is 9.47. The second-order valence-electron chi connectivity index (χ2n) is 5.89. The Labute approximate surface area is 132 Å². The molecule has 0 radical (unpaired) electrons. The molecular formula is C14H19ClF2N2OS. The lowest BCUT2D eigenvalue weighted by atomic mass is 9.79. The van der Waals surface area contributed by atoms with E-state index in [1.165, 1.54) is 11.3 Å². The van der Waals surface area contributed by atoms with Crippen LogP contribution in [0.5, 0.6) is 0 Å². The Kier molecular flexibility index (Phi) is 4.90. The Morgan fingerprint density at radius 1 is 1.43 bits per heavy atom. The van der Waals surface area contributed by atoms with Crippen LogP contribution in [0.15, 0.2) is 16.8 Å². The fourth-order valence-electron chi connectivity index (χ4n) is 3.13. The minimum atomic E-state index is -2.64. The zero-order chi connectivity index (χ0) is 14.3. The molecule has 2 aliphatic carbocycles. The average Bonchev–Trinajstić information content (AvgIpc) is 2.92. The van der Waals surface area contributed by atoms with Crippen LogP contribution in [-0.2, 0) is 0 Å². The van der Waals surface area contributed by atoms with Crippen LogP contribution in [0.3, 0.4) is 0 Å². The van der Waals surface area contributed by atoms with Gasteiger partial charge in [-0.3, -0.25) is 4.79 Å². The molecule has 1 amide bonds. The van der Waals surface area contributed by atoms with Crippen molar-refractivity contribution in [1.82, 2.24) is 5.32 Å². The molecule has 0 aliphatic heterocycles. The number of carbonyl (C=O) groups is 1. The predicted octanol–water partition coefficient (Wildman–Crippen LogP) is 3.05. The molecule has 3 N–H and O–H groups in total. The number of carbonyl (C=O) groups excluding carboxylic acids is 1. The maximum Gasteiger partial charge on any atom is 0.252 e. The fraction of sp³-hybridized carbons (Fsp3) is 0.643. The van der Waals surface area contributed by atoms with Crippen LogP contribution in [0.25, 0.3) is 0 Å². The first kappa shape index (κ1) is 16.6. The van der Waals surface area contributed by atoms with E-state index >= 15 is 0 Å². The van der Waals surface area contributed by atoms with Crippen molar-refractivity contribution in [2.75, 3.05) is 0 Å². The van der Waals surface area contributed by atoms with E-state index in [-0.39, 0.29) is 42.7 Å². The second kappa shape index (κ2) is 6.18. The number of nitrogens with one attached hydrogen (secondary N) is 1. The van der Waals surface area contributed by atoms with Gasteiger partial charge in [-0.2, -0.15) is 11.3 Å². The van der Waals surface area contributed by atoms with Crippen LogP contribution < -0.4 is 11.1 Å². The second-order valence-corrected chi connectivity index (χ2v) is 6.67. The highest BCUT2D eigenvalue weighted by Gasteiger charge is 2.54. The summed E-state index contributed by atoms with van der Waals surface area (Å²) in [6.45, 7) is 0. The third-order valence-corrected chi connectivity index (χ3v) is 5.12. The van der Waals surface area contributed by atoms with Gasteiger partial charge in [0.2, 0.25) is 0 Å². The first-order valence-electron chi connectivity index (χ1n) is 6.94. The van der Waals surface area contributed by atoms with E-state index in [1.54, 1.807) is 11.4 Å². The van der Waals surface area contributed by atoms with Crippen LogP contribution >= 0.6 is 23.7 Å². The van der Waals surface area contributed by atoms with Gasteiger partial charge in [0.15, 0.2) is 0 Å². The number of halogens is 3. The van der Waals surface area contributed by atoms with Crippen LogP contribution in [0.2, 0.25) is 0 Å². The van der Waals surface area contributed by atoms with Gasteiger partial charge in [0.1, 0.15) is 0 Å². The fourth-order valence-corrected chi connectivity index (χ4v) is 3.76. The molecule has 0 saturated heterocycles. The van der Waals surface area contributed by atoms with Gasteiger partial charge in [-0.15, -0.1) is 12.4 Å². The molecule has 0 aromatic carbocycles. The number of hydrogen-bond acceptors (Lipinski definition) is 3. The van der Waals surface area contributed by atoms with Gasteiger partial charge in [0.05, 0.1) is 0 Å². The maximum atomic E-state index is 14.0. The summed E-state index contributed by atoms with van der Waals surface area (Å²) in [5.74, 6) is -3.56. The number of thiophene rings is 1. The summed E-state index contributed by atoms with van der Waals surface area (Å²) >= 11 is 1.45. The van der Waals surface area contributed by atoms with Gasteiger partial charge >= 0.3 is 0 Å². The summed E-state index contributed by atoms with van der Waals surface area (Å²) in [4.78, 5) is 12.0. The van der Waals surface area contributed by atoms with Crippen molar-refractivity contribution in [2.24, 2.45) is 17.6 Å². The third-order valence-electron chi connectivity index (χ3n) is 4.43. The Morgan fingerprint density at radius 3 is 2.71 bits per heavy atom. The molecule has 21 heavy (non-hydrogen) atoms. The van der Waals surface area contributed by atoms with E-state index in [0.29, 0.717) is 24.8 Å². The highest BCUT2D eigenvalue weighted by Crippen LogP contribution is 2.50. The van der Waals surface area contributed by atoms with Gasteiger partial charge < -0.3 is 11.1 Å². The summed E-state index contributed by atoms with van der Waals surface area (Å²) < 4.78 is 27.9. The molecular weight excluding hydrogens is 318 g/mol. The first-order valence-corrected chi connectivity index (χ1v) is 7.88.